The molecule has 26 heavy (non-hydrogen) atoms. The number of hydrogen-bond donors (Lipinski definition) is 1. The van der Waals surface area contributed by atoms with Crippen molar-refractivity contribution in [3.8, 4) is 11.5 Å². The Labute approximate surface area is 164 Å². The second-order valence-corrected chi connectivity index (χ2v) is 7.38. The first-order valence-corrected chi connectivity index (χ1v) is 9.07. The number of methoxy groups -OCH3 is 1. The maximum absolute atomic E-state index is 13.9. The molecule has 2 aromatic carbocycles. The van der Waals surface area contributed by atoms with E-state index in [2.05, 4.69) is 5.32 Å². The molecule has 0 aromatic heterocycles. The standard InChI is InChI=1S/C18H13ClFNO3S2/c1-23-14-6-5-10(8-16-17(22)21-18(25)26-16)7-15(14)24-9-11-12(19)3-2-4-13(11)20/h2-8H,9H2,1H3,(H,21,22,25)/b16-8-. The summed E-state index contributed by atoms with van der Waals surface area (Å²) in [4.78, 5) is 12.3. The molecule has 0 spiro atoms. The highest BCUT2D eigenvalue weighted by Crippen LogP contribution is 2.32. The Kier molecular flexibility index (Phi) is 5.80. The summed E-state index contributed by atoms with van der Waals surface area (Å²) in [5.74, 6) is 0.213. The van der Waals surface area contributed by atoms with Crippen molar-refractivity contribution in [1.29, 1.82) is 0 Å². The minimum absolute atomic E-state index is 0.0544. The Bertz CT molecular complexity index is 897. The van der Waals surface area contributed by atoms with Gasteiger partial charge in [0.05, 0.1) is 17.0 Å². The van der Waals surface area contributed by atoms with Crippen molar-refractivity contribution >= 4 is 51.9 Å². The summed E-state index contributed by atoms with van der Waals surface area (Å²) < 4.78 is 25.3. The summed E-state index contributed by atoms with van der Waals surface area (Å²) in [6, 6.07) is 9.64. The molecule has 4 nitrogen and oxygen atoms in total. The first-order valence-electron chi connectivity index (χ1n) is 7.46. The lowest BCUT2D eigenvalue weighted by Gasteiger charge is -2.13. The van der Waals surface area contributed by atoms with Crippen LogP contribution in [0.2, 0.25) is 5.02 Å². The molecule has 3 rings (SSSR count). The van der Waals surface area contributed by atoms with Crippen molar-refractivity contribution in [3.05, 3.63) is 63.3 Å². The number of hydrogen-bond acceptors (Lipinski definition) is 5. The minimum atomic E-state index is -0.442. The molecule has 1 aliphatic heterocycles. The van der Waals surface area contributed by atoms with E-state index in [9.17, 15) is 9.18 Å². The largest absolute Gasteiger partial charge is 0.493 e. The molecule has 0 saturated carbocycles. The third kappa shape index (κ3) is 4.17. The van der Waals surface area contributed by atoms with Gasteiger partial charge in [-0.2, -0.15) is 0 Å². The molecule has 2 aromatic rings. The van der Waals surface area contributed by atoms with Crippen molar-refractivity contribution in [3.63, 3.8) is 0 Å². The summed E-state index contributed by atoms with van der Waals surface area (Å²) in [5.41, 5.74) is 0.985. The van der Waals surface area contributed by atoms with Crippen LogP contribution in [0.4, 0.5) is 4.39 Å². The predicted octanol–water partition coefficient (Wildman–Crippen LogP) is 4.56. The van der Waals surface area contributed by atoms with Gasteiger partial charge in [0.1, 0.15) is 16.7 Å². The molecule has 1 saturated heterocycles. The second-order valence-electron chi connectivity index (χ2n) is 5.25. The van der Waals surface area contributed by atoms with Gasteiger partial charge in [-0.3, -0.25) is 4.79 Å². The van der Waals surface area contributed by atoms with E-state index in [0.717, 1.165) is 5.56 Å². The van der Waals surface area contributed by atoms with E-state index >= 15 is 0 Å². The molecule has 8 heteroatoms. The Morgan fingerprint density at radius 3 is 2.77 bits per heavy atom. The first-order chi connectivity index (χ1) is 12.5. The molecule has 0 unspecified atom stereocenters. The summed E-state index contributed by atoms with van der Waals surface area (Å²) in [6.07, 6.45) is 1.70. The molecule has 0 radical (unpaired) electrons. The third-order valence-electron chi connectivity index (χ3n) is 3.56. The quantitative estimate of drug-likeness (QED) is 0.579. The lowest BCUT2D eigenvalue weighted by atomic mass is 10.1. The summed E-state index contributed by atoms with van der Waals surface area (Å²) in [5, 5.41) is 2.85. The molecule has 0 bridgehead atoms. The molecule has 1 heterocycles. The van der Waals surface area contributed by atoms with Crippen molar-refractivity contribution in [1.82, 2.24) is 5.32 Å². The van der Waals surface area contributed by atoms with Gasteiger partial charge in [0.25, 0.3) is 5.91 Å². The van der Waals surface area contributed by atoms with Gasteiger partial charge >= 0.3 is 0 Å². The van der Waals surface area contributed by atoms with Crippen LogP contribution in [-0.2, 0) is 11.4 Å². The van der Waals surface area contributed by atoms with Crippen molar-refractivity contribution in [2.45, 2.75) is 6.61 Å². The van der Waals surface area contributed by atoms with E-state index in [4.69, 9.17) is 33.3 Å². The maximum atomic E-state index is 13.9. The van der Waals surface area contributed by atoms with E-state index in [1.165, 1.54) is 31.0 Å². The molecular formula is C18H13ClFNO3S2. The van der Waals surface area contributed by atoms with E-state index in [1.54, 1.807) is 30.3 Å². The fourth-order valence-corrected chi connectivity index (χ4v) is 3.55. The van der Waals surface area contributed by atoms with Gasteiger partial charge in [-0.1, -0.05) is 47.7 Å². The first kappa shape index (κ1) is 18.7. The van der Waals surface area contributed by atoms with Crippen LogP contribution in [0, 0.1) is 5.82 Å². The molecule has 134 valence electrons. The van der Waals surface area contributed by atoms with Crippen LogP contribution in [-0.4, -0.2) is 17.3 Å². The minimum Gasteiger partial charge on any atom is -0.493 e. The smallest absolute Gasteiger partial charge is 0.263 e. The number of thioether (sulfide) groups is 1. The Hall–Kier alpha value is -2.09. The normalized spacial score (nSPS) is 15.3. The zero-order valence-corrected chi connectivity index (χ0v) is 15.9. The molecule has 1 fully saturated rings. The molecule has 0 aliphatic carbocycles. The Balaban J connectivity index is 1.85. The van der Waals surface area contributed by atoms with Crippen LogP contribution < -0.4 is 14.8 Å². The van der Waals surface area contributed by atoms with Crippen molar-refractivity contribution < 1.29 is 18.7 Å². The highest BCUT2D eigenvalue weighted by atomic mass is 35.5. The van der Waals surface area contributed by atoms with E-state index < -0.39 is 5.82 Å². The van der Waals surface area contributed by atoms with Crippen LogP contribution in [0.5, 0.6) is 11.5 Å². The zero-order chi connectivity index (χ0) is 18.7. The number of ether oxygens (including phenoxy) is 2. The van der Waals surface area contributed by atoms with Gasteiger partial charge in [0, 0.05) is 5.56 Å². The molecular weight excluding hydrogens is 397 g/mol. The summed E-state index contributed by atoms with van der Waals surface area (Å²) >= 11 is 12.2. The van der Waals surface area contributed by atoms with Gasteiger partial charge in [-0.25, -0.2) is 4.39 Å². The van der Waals surface area contributed by atoms with E-state index in [-0.39, 0.29) is 23.1 Å². The topological polar surface area (TPSA) is 47.6 Å². The van der Waals surface area contributed by atoms with Gasteiger partial charge in [0.15, 0.2) is 11.5 Å². The number of benzene rings is 2. The molecule has 1 N–H and O–H groups in total. The van der Waals surface area contributed by atoms with Gasteiger partial charge in [-0.15, -0.1) is 0 Å². The fourth-order valence-electron chi connectivity index (χ4n) is 2.29. The summed E-state index contributed by atoms with van der Waals surface area (Å²) in [7, 11) is 1.51. The molecule has 1 amide bonds. The van der Waals surface area contributed by atoms with E-state index in [1.807, 2.05) is 0 Å². The highest BCUT2D eigenvalue weighted by molar-refractivity contribution is 8.26. The molecule has 0 atom stereocenters. The second kappa shape index (κ2) is 8.07. The lowest BCUT2D eigenvalue weighted by Crippen LogP contribution is -2.17. The number of rotatable bonds is 5. The number of carbonyl (C=O) groups excluding carboxylic acids is 1. The van der Waals surface area contributed by atoms with Crippen LogP contribution in [0.1, 0.15) is 11.1 Å². The predicted molar refractivity (Wildman–Crippen MR) is 105 cm³/mol. The van der Waals surface area contributed by atoms with Gasteiger partial charge < -0.3 is 14.8 Å². The number of carbonyl (C=O) groups is 1. The Morgan fingerprint density at radius 1 is 1.31 bits per heavy atom. The van der Waals surface area contributed by atoms with Crippen LogP contribution in [0.3, 0.4) is 0 Å². The van der Waals surface area contributed by atoms with Crippen molar-refractivity contribution in [2.75, 3.05) is 7.11 Å². The monoisotopic (exact) mass is 409 g/mol. The SMILES string of the molecule is COc1ccc(/C=C2\SC(=S)NC2=O)cc1OCc1c(F)cccc1Cl. The summed E-state index contributed by atoms with van der Waals surface area (Å²) in [6.45, 7) is -0.0544. The zero-order valence-electron chi connectivity index (χ0n) is 13.5. The Morgan fingerprint density at radius 2 is 2.12 bits per heavy atom. The number of amides is 1. The number of halogens is 2. The van der Waals surface area contributed by atoms with Gasteiger partial charge in [0.2, 0.25) is 0 Å². The fraction of sp³-hybridized carbons (Fsp3) is 0.111. The van der Waals surface area contributed by atoms with E-state index in [0.29, 0.717) is 20.7 Å². The highest BCUT2D eigenvalue weighted by Gasteiger charge is 2.22. The third-order valence-corrected chi connectivity index (χ3v) is 5.08. The maximum Gasteiger partial charge on any atom is 0.263 e. The van der Waals surface area contributed by atoms with Crippen LogP contribution >= 0.6 is 35.6 Å². The average molecular weight is 410 g/mol. The molecule has 1 aliphatic rings. The number of nitrogens with one attached hydrogen (secondary N) is 1. The van der Waals surface area contributed by atoms with Crippen LogP contribution in [0.25, 0.3) is 6.08 Å². The lowest BCUT2D eigenvalue weighted by molar-refractivity contribution is -0.115. The average Bonchev–Trinajstić information content (AvgIpc) is 2.92. The van der Waals surface area contributed by atoms with Gasteiger partial charge in [-0.05, 0) is 35.9 Å². The van der Waals surface area contributed by atoms with Crippen LogP contribution in [0.15, 0.2) is 41.3 Å². The van der Waals surface area contributed by atoms with Crippen molar-refractivity contribution in [2.24, 2.45) is 0 Å². The number of thiocarbonyl (C=S) groups is 1.